The number of carboxylic acids is 2. The van der Waals surface area contributed by atoms with Crippen LogP contribution in [0.4, 0.5) is 0 Å². The third kappa shape index (κ3) is 20.5. The fourth-order valence-corrected chi connectivity index (χ4v) is 25.2. The quantitative estimate of drug-likeness (QED) is 0.141. The average molecular weight is 1850 g/mol. The van der Waals surface area contributed by atoms with E-state index in [0.717, 1.165) is 26.3 Å². The molecule has 24 atom stereocenters. The van der Waals surface area contributed by atoms with Crippen LogP contribution >= 0.6 is 325 Å². The van der Waals surface area contributed by atoms with Crippen molar-refractivity contribution >= 4 is 343 Å². The van der Waals surface area contributed by atoms with Crippen LogP contribution in [0.2, 0.25) is 0 Å². The van der Waals surface area contributed by atoms with Gasteiger partial charge in [0, 0.05) is 6.61 Å². The zero-order valence-corrected chi connectivity index (χ0v) is 66.9. The maximum Gasteiger partial charge on any atom is 2.00 e. The maximum atomic E-state index is 11.9. The number of halogens is 28. The van der Waals surface area contributed by atoms with Gasteiger partial charge in [0.2, 0.25) is 0 Å². The number of aliphatic carboxylic acids is 2. The summed E-state index contributed by atoms with van der Waals surface area (Å²) in [4.78, 5) is 27.6. The molecule has 0 spiro atoms. The van der Waals surface area contributed by atoms with Gasteiger partial charge in [-0.25, -0.2) is 0 Å². The van der Waals surface area contributed by atoms with Crippen molar-refractivity contribution in [3.63, 3.8) is 0 Å². The molecule has 6 saturated carbocycles. The van der Waals surface area contributed by atoms with Gasteiger partial charge in [0.15, 0.2) is 0 Å². The Balaban J connectivity index is 0.000000367. The normalized spacial score (nSPS) is 49.9. The number of aliphatic hydroxyl groups excluding tert-OH is 1. The van der Waals surface area contributed by atoms with Crippen molar-refractivity contribution < 1.29 is 42.0 Å². The zero-order valence-electron chi connectivity index (χ0n) is 44.8. The first-order valence-electron chi connectivity index (χ1n) is 26.7. The summed E-state index contributed by atoms with van der Waals surface area (Å²) in [5.41, 5.74) is 0. The van der Waals surface area contributed by atoms with Gasteiger partial charge in [-0.1, -0.05) is 25.4 Å². The van der Waals surface area contributed by atoms with Crippen LogP contribution in [-0.2, 0) is 26.7 Å². The Labute approximate surface area is 665 Å². The van der Waals surface area contributed by atoms with Crippen molar-refractivity contribution in [1.29, 1.82) is 0 Å². The molecule has 9 nitrogen and oxygen atoms in total. The predicted octanol–water partition coefficient (Wildman–Crippen LogP) is 18.6. The second-order valence-electron chi connectivity index (χ2n) is 21.6. The number of rotatable bonds is 8. The Kier molecular flexibility index (Phi) is 41.6. The third-order valence-corrected chi connectivity index (χ3v) is 34.6. The first kappa shape index (κ1) is 88.9. The van der Waals surface area contributed by atoms with E-state index < -0.39 is 222 Å². The van der Waals surface area contributed by atoms with Gasteiger partial charge >= 0.3 is 29.0 Å². The Morgan fingerprint density at radius 1 is 0.420 bits per heavy atom. The summed E-state index contributed by atoms with van der Waals surface area (Å²) in [7, 11) is 0. The topological polar surface area (TPSA) is 147 Å². The average Bonchev–Trinajstić information content (AvgIpc) is 0.850. The summed E-state index contributed by atoms with van der Waals surface area (Å²) in [6.07, 6.45) is 6.42. The zero-order chi connectivity index (χ0) is 66.3. The number of carboxylic acid groups (broad SMARTS) is 2. The molecule has 8 rings (SSSR count). The largest absolute Gasteiger partial charge is 2.00 e. The molecule has 0 aromatic heterocycles. The predicted molar refractivity (Wildman–Crippen MR) is 384 cm³/mol. The number of nitrogens with one attached hydrogen (secondary N) is 1. The summed E-state index contributed by atoms with van der Waals surface area (Å²) >= 11 is 187. The number of aliphatic imine (C=N–C) groups is 1. The van der Waals surface area contributed by atoms with E-state index in [9.17, 15) is 19.8 Å². The van der Waals surface area contributed by atoms with Crippen LogP contribution in [-0.4, -0.2) is 217 Å². The number of alkyl halides is 28. The molecule has 38 heteroatoms. The molecule has 6 aliphatic carbocycles. The summed E-state index contributed by atoms with van der Waals surface area (Å²) in [6.45, 7) is 5.82. The van der Waals surface area contributed by atoms with Crippen molar-refractivity contribution in [3.05, 3.63) is 22.9 Å². The fourth-order valence-electron chi connectivity index (χ4n) is 12.3. The molecule has 24 unspecified atom stereocenters. The minimum absolute atomic E-state index is 0. The third-order valence-electron chi connectivity index (χ3n) is 16.5. The number of nitrogens with zero attached hydrogens (tertiary/aromatic N) is 3. The van der Waals surface area contributed by atoms with Crippen LogP contribution in [0.25, 0.3) is 10.6 Å². The van der Waals surface area contributed by atoms with Crippen molar-refractivity contribution in [3.8, 4) is 0 Å². The van der Waals surface area contributed by atoms with E-state index in [4.69, 9.17) is 330 Å². The Bertz CT molecular complexity index is 1870. The molecule has 0 aromatic carbocycles. The van der Waals surface area contributed by atoms with Crippen molar-refractivity contribution in [2.75, 3.05) is 32.9 Å². The van der Waals surface area contributed by atoms with E-state index in [2.05, 4.69) is 20.9 Å². The van der Waals surface area contributed by atoms with Gasteiger partial charge in [-0.3, -0.25) is 9.59 Å². The molecular weight excluding hydrogens is 1790 g/mol. The standard InChI is InChI=1S/2C20H20Cl14O2.C4H9N2.C4H5N2.C2H6O.Cu/c2*21-6-2(7(22)13(28)5(12(6)27)20(35)36)1(3-8(23)14(29)18(33)15(30)9(3)24)4-10(25)16(31)19(34)17(32)11(4)26;2*1-2-5-4-6-3-1;1-2-3;/h2*1-19H,(H,35,36);5H,1-4H2;1-2,4H,3H2;3H,2H2,1H3;/q;;2*-1;;+2. The van der Waals surface area contributed by atoms with Crippen LogP contribution < -0.4 is 5.32 Å². The first-order chi connectivity index (χ1) is 40.6. The van der Waals surface area contributed by atoms with E-state index in [1.54, 1.807) is 19.5 Å². The molecule has 0 amide bonds. The van der Waals surface area contributed by atoms with Gasteiger partial charge in [-0.15, -0.1) is 338 Å². The molecule has 4 N–H and O–H groups in total. The molecule has 0 bridgehead atoms. The molecule has 2 heterocycles. The van der Waals surface area contributed by atoms with Gasteiger partial charge in [-0.2, -0.15) is 0 Å². The van der Waals surface area contributed by atoms with Crippen molar-refractivity contribution in [2.45, 2.75) is 164 Å². The van der Waals surface area contributed by atoms with E-state index in [1.807, 2.05) is 6.08 Å². The summed E-state index contributed by atoms with van der Waals surface area (Å²) in [5.74, 6) is -10.9. The Morgan fingerprint density at radius 3 is 0.750 bits per heavy atom. The van der Waals surface area contributed by atoms with Crippen molar-refractivity contribution in [1.82, 2.24) is 5.32 Å². The minimum Gasteiger partial charge on any atom is -0.650 e. The maximum absolute atomic E-state index is 11.9. The van der Waals surface area contributed by atoms with Crippen LogP contribution in [0.3, 0.4) is 0 Å². The number of hydrogen-bond donors (Lipinski definition) is 4. The van der Waals surface area contributed by atoms with Crippen LogP contribution in [0, 0.1) is 59.2 Å². The first-order valence-corrected chi connectivity index (χ1v) is 39.0. The molecule has 7 fully saturated rings. The van der Waals surface area contributed by atoms with Crippen molar-refractivity contribution in [2.24, 2.45) is 64.2 Å². The SMILES string of the molecule is C1=CN=C[N-]C1.C1C[N-]CNC1.CCO.O=C(O)C1C(Cl)C(Cl)C(C(C2C(Cl)C(Cl)C(Cl)C(Cl)C2Cl)C2C(Cl)C(Cl)C(Cl)C(Cl)C2Cl)C(Cl)C1Cl.O=C(O)C1C(Cl)C(Cl)C(C(C2C(Cl)C(Cl)C(Cl)C(Cl)C2Cl)C2C(Cl)C(Cl)C(Cl)C(Cl)C2Cl)C(Cl)C1Cl.[Cu+2]. The van der Waals surface area contributed by atoms with Gasteiger partial charge in [0.05, 0.1) is 162 Å². The van der Waals surface area contributed by atoms with E-state index >= 15 is 0 Å². The fraction of sp³-hybridized carbons (Fsp3) is 0.900. The number of hydrogen-bond acceptors (Lipinski definition) is 5. The minimum atomic E-state index is -1.23. The summed E-state index contributed by atoms with van der Waals surface area (Å²) in [6, 6.07) is 0. The van der Waals surface area contributed by atoms with Gasteiger partial charge < -0.3 is 36.3 Å². The molecule has 517 valence electrons. The van der Waals surface area contributed by atoms with E-state index in [0.29, 0.717) is 0 Å². The van der Waals surface area contributed by atoms with E-state index in [-0.39, 0.29) is 23.7 Å². The van der Waals surface area contributed by atoms with Gasteiger partial charge in [-0.05, 0) is 67.4 Å². The molecular formula is C50H60Cl28CuN4O5. The smallest absolute Gasteiger partial charge is 0.650 e. The van der Waals surface area contributed by atoms with Gasteiger partial charge in [0.1, 0.15) is 0 Å². The molecule has 8 aliphatic rings. The summed E-state index contributed by atoms with van der Waals surface area (Å²) < 4.78 is 0. The van der Waals surface area contributed by atoms with Crippen LogP contribution in [0.5, 0.6) is 0 Å². The molecule has 88 heavy (non-hydrogen) atoms. The molecule has 2 aliphatic heterocycles. The number of carbonyl (C=O) groups is 2. The second-order valence-corrected chi connectivity index (χ2v) is 35.7. The molecule has 1 radical (unpaired) electrons. The van der Waals surface area contributed by atoms with Crippen LogP contribution in [0.1, 0.15) is 13.3 Å². The van der Waals surface area contributed by atoms with Gasteiger partial charge in [0.25, 0.3) is 0 Å². The Hall–Kier alpha value is 6.67. The van der Waals surface area contributed by atoms with Crippen LogP contribution in [0.15, 0.2) is 17.3 Å². The Morgan fingerprint density at radius 2 is 0.636 bits per heavy atom. The monoisotopic (exact) mass is 1840 g/mol. The number of aliphatic hydroxyl groups is 1. The molecule has 1 saturated heterocycles. The molecule has 0 aromatic rings. The summed E-state index contributed by atoms with van der Waals surface area (Å²) in [5, 5.41) is 13.4. The second kappa shape index (κ2) is 41.2. The van der Waals surface area contributed by atoms with E-state index in [1.165, 1.54) is 6.42 Å².